The third-order valence-corrected chi connectivity index (χ3v) is 3.70. The van der Waals surface area contributed by atoms with Gasteiger partial charge in [0, 0.05) is 0 Å². The van der Waals surface area contributed by atoms with Crippen LogP contribution in [-0.4, -0.2) is 18.5 Å². The van der Waals surface area contributed by atoms with Gasteiger partial charge in [-0.2, -0.15) is 5.26 Å². The molecule has 0 radical (unpaired) electrons. The molecule has 128 valence electrons. The van der Waals surface area contributed by atoms with Crippen LogP contribution < -0.4 is 5.32 Å². The molecule has 0 heterocycles. The van der Waals surface area contributed by atoms with Gasteiger partial charge in [-0.3, -0.25) is 4.79 Å². The third-order valence-electron chi connectivity index (χ3n) is 3.70. The van der Waals surface area contributed by atoms with E-state index in [0.717, 1.165) is 18.4 Å². The van der Waals surface area contributed by atoms with Crippen molar-refractivity contribution >= 4 is 11.9 Å². The molecule has 0 aliphatic heterocycles. The highest BCUT2D eigenvalue weighted by Crippen LogP contribution is 2.17. The maximum Gasteiger partial charge on any atom is 0.338 e. The molecular weight excluding hydrogens is 316 g/mol. The topological polar surface area (TPSA) is 79.2 Å². The van der Waals surface area contributed by atoms with Gasteiger partial charge in [-0.05, 0) is 36.2 Å². The lowest BCUT2D eigenvalue weighted by molar-refractivity contribution is -0.125. The van der Waals surface area contributed by atoms with E-state index in [4.69, 9.17) is 10.00 Å². The van der Waals surface area contributed by atoms with Crippen molar-refractivity contribution in [1.82, 2.24) is 5.32 Å². The first-order valence-corrected chi connectivity index (χ1v) is 8.15. The highest BCUT2D eigenvalue weighted by molar-refractivity contribution is 5.91. The van der Waals surface area contributed by atoms with E-state index < -0.39 is 5.97 Å². The second kappa shape index (κ2) is 9.24. The Hall–Kier alpha value is -3.13. The van der Waals surface area contributed by atoms with E-state index in [2.05, 4.69) is 5.32 Å². The molecule has 0 fully saturated rings. The predicted molar refractivity (Wildman–Crippen MR) is 93.7 cm³/mol. The monoisotopic (exact) mass is 336 g/mol. The van der Waals surface area contributed by atoms with E-state index in [1.165, 1.54) is 24.3 Å². The fourth-order valence-corrected chi connectivity index (χ4v) is 2.43. The van der Waals surface area contributed by atoms with E-state index >= 15 is 0 Å². The molecule has 0 aliphatic rings. The fraction of sp³-hybridized carbons (Fsp3) is 0.250. The van der Waals surface area contributed by atoms with E-state index in [9.17, 15) is 9.59 Å². The zero-order valence-corrected chi connectivity index (χ0v) is 14.1. The Kier molecular flexibility index (Phi) is 6.73. The van der Waals surface area contributed by atoms with Crippen molar-refractivity contribution in [2.45, 2.75) is 25.8 Å². The SMILES string of the molecule is CCC[C@@H](NC(=O)COC(=O)c1ccc(C#N)cc1)c1ccccc1. The number of ether oxygens (including phenoxy) is 1. The number of amides is 1. The number of carbonyl (C=O) groups excluding carboxylic acids is 2. The molecule has 1 N–H and O–H groups in total. The van der Waals surface area contributed by atoms with Gasteiger partial charge >= 0.3 is 5.97 Å². The fourth-order valence-electron chi connectivity index (χ4n) is 2.43. The molecule has 0 saturated carbocycles. The van der Waals surface area contributed by atoms with Crippen LogP contribution in [-0.2, 0) is 9.53 Å². The van der Waals surface area contributed by atoms with Gasteiger partial charge in [0.15, 0.2) is 6.61 Å². The van der Waals surface area contributed by atoms with Crippen molar-refractivity contribution in [3.8, 4) is 6.07 Å². The molecule has 5 nitrogen and oxygen atoms in total. The Morgan fingerprint density at radius 2 is 1.80 bits per heavy atom. The maximum atomic E-state index is 12.1. The second-order valence-electron chi connectivity index (χ2n) is 5.58. The quantitative estimate of drug-likeness (QED) is 0.786. The lowest BCUT2D eigenvalue weighted by Crippen LogP contribution is -2.32. The minimum atomic E-state index is -0.591. The first-order valence-electron chi connectivity index (χ1n) is 8.15. The van der Waals surface area contributed by atoms with E-state index in [1.54, 1.807) is 0 Å². The summed E-state index contributed by atoms with van der Waals surface area (Å²) in [5.41, 5.74) is 1.79. The van der Waals surface area contributed by atoms with Crippen LogP contribution in [0, 0.1) is 11.3 Å². The van der Waals surface area contributed by atoms with Crippen molar-refractivity contribution in [3.63, 3.8) is 0 Å². The minimum Gasteiger partial charge on any atom is -0.452 e. The van der Waals surface area contributed by atoms with Crippen molar-refractivity contribution in [3.05, 3.63) is 71.3 Å². The van der Waals surface area contributed by atoms with Crippen LogP contribution in [0.15, 0.2) is 54.6 Å². The smallest absolute Gasteiger partial charge is 0.338 e. The molecule has 0 bridgehead atoms. The summed E-state index contributed by atoms with van der Waals surface area (Å²) >= 11 is 0. The average Bonchev–Trinajstić information content (AvgIpc) is 2.66. The number of nitrogens with zero attached hydrogens (tertiary/aromatic N) is 1. The van der Waals surface area contributed by atoms with Crippen LogP contribution >= 0.6 is 0 Å². The molecule has 2 aromatic carbocycles. The van der Waals surface area contributed by atoms with Gasteiger partial charge in [0.05, 0.1) is 23.2 Å². The van der Waals surface area contributed by atoms with Gasteiger partial charge < -0.3 is 10.1 Å². The number of esters is 1. The third kappa shape index (κ3) is 5.47. The molecule has 2 aromatic rings. The lowest BCUT2D eigenvalue weighted by Gasteiger charge is -2.18. The van der Waals surface area contributed by atoms with Crippen LogP contribution in [0.2, 0.25) is 0 Å². The first-order chi connectivity index (χ1) is 12.1. The van der Waals surface area contributed by atoms with Gasteiger partial charge in [-0.25, -0.2) is 4.79 Å². The van der Waals surface area contributed by atoms with Gasteiger partial charge in [-0.1, -0.05) is 43.7 Å². The zero-order chi connectivity index (χ0) is 18.1. The Bertz CT molecular complexity index is 749. The minimum absolute atomic E-state index is 0.104. The molecule has 0 aromatic heterocycles. The number of benzene rings is 2. The molecule has 25 heavy (non-hydrogen) atoms. The number of nitriles is 1. The van der Waals surface area contributed by atoms with Crippen molar-refractivity contribution in [2.75, 3.05) is 6.61 Å². The number of carbonyl (C=O) groups is 2. The van der Waals surface area contributed by atoms with Gasteiger partial charge in [0.1, 0.15) is 0 Å². The molecule has 1 atom stereocenters. The summed E-state index contributed by atoms with van der Waals surface area (Å²) < 4.78 is 5.04. The summed E-state index contributed by atoms with van der Waals surface area (Å²) in [5, 5.41) is 11.6. The molecular formula is C20H20N2O3. The average molecular weight is 336 g/mol. The lowest BCUT2D eigenvalue weighted by atomic mass is 10.0. The van der Waals surface area contributed by atoms with E-state index in [0.29, 0.717) is 11.1 Å². The van der Waals surface area contributed by atoms with Crippen LogP contribution in [0.4, 0.5) is 0 Å². The molecule has 1 amide bonds. The largest absolute Gasteiger partial charge is 0.452 e. The molecule has 0 saturated heterocycles. The number of hydrogen-bond donors (Lipinski definition) is 1. The standard InChI is InChI=1S/C20H20N2O3/c1-2-6-18(16-7-4-3-5-8-16)22-19(23)14-25-20(24)17-11-9-15(13-21)10-12-17/h3-5,7-12,18H,2,6,14H2,1H3,(H,22,23)/t18-/m1/s1. The van der Waals surface area contributed by atoms with Gasteiger partial charge in [0.2, 0.25) is 0 Å². The van der Waals surface area contributed by atoms with Crippen molar-refractivity contribution in [1.29, 1.82) is 5.26 Å². The number of hydrogen-bond acceptors (Lipinski definition) is 4. The summed E-state index contributed by atoms with van der Waals surface area (Å²) in [5.74, 6) is -0.935. The summed E-state index contributed by atoms with van der Waals surface area (Å²) in [7, 11) is 0. The summed E-state index contributed by atoms with van der Waals surface area (Å²) in [6.45, 7) is 1.71. The van der Waals surface area contributed by atoms with Crippen molar-refractivity contribution < 1.29 is 14.3 Å². The summed E-state index contributed by atoms with van der Waals surface area (Å²) in [6, 6.07) is 17.6. The first kappa shape index (κ1) is 18.2. The maximum absolute atomic E-state index is 12.1. The summed E-state index contributed by atoms with van der Waals surface area (Å²) in [4.78, 5) is 24.1. The number of nitrogens with one attached hydrogen (secondary N) is 1. The van der Waals surface area contributed by atoms with E-state index in [-0.39, 0.29) is 18.6 Å². The van der Waals surface area contributed by atoms with Crippen molar-refractivity contribution in [2.24, 2.45) is 0 Å². The van der Waals surface area contributed by atoms with Gasteiger partial charge in [-0.15, -0.1) is 0 Å². The number of rotatable bonds is 7. The molecule has 0 spiro atoms. The summed E-state index contributed by atoms with van der Waals surface area (Å²) in [6.07, 6.45) is 1.73. The Morgan fingerprint density at radius 1 is 1.12 bits per heavy atom. The van der Waals surface area contributed by atoms with Crippen LogP contribution in [0.3, 0.4) is 0 Å². The highest BCUT2D eigenvalue weighted by Gasteiger charge is 2.15. The van der Waals surface area contributed by atoms with E-state index in [1.807, 2.05) is 43.3 Å². The molecule has 0 aliphatic carbocycles. The molecule has 0 unspecified atom stereocenters. The molecule has 5 heteroatoms. The van der Waals surface area contributed by atoms with Crippen LogP contribution in [0.25, 0.3) is 0 Å². The Balaban J connectivity index is 1.90. The highest BCUT2D eigenvalue weighted by atomic mass is 16.5. The Morgan fingerprint density at radius 3 is 2.40 bits per heavy atom. The Labute approximate surface area is 147 Å². The second-order valence-corrected chi connectivity index (χ2v) is 5.58. The normalized spacial score (nSPS) is 11.2. The molecule has 2 rings (SSSR count). The predicted octanol–water partition coefficient (Wildman–Crippen LogP) is 3.37. The van der Waals surface area contributed by atoms with Crippen LogP contribution in [0.1, 0.15) is 47.3 Å². The zero-order valence-electron chi connectivity index (χ0n) is 14.1. The van der Waals surface area contributed by atoms with Crippen LogP contribution in [0.5, 0.6) is 0 Å². The van der Waals surface area contributed by atoms with Gasteiger partial charge in [0.25, 0.3) is 5.91 Å².